The number of rotatable bonds is 4. The van der Waals surface area contributed by atoms with Crippen LogP contribution in [0, 0.1) is 5.41 Å². The van der Waals surface area contributed by atoms with E-state index in [1.807, 2.05) is 28.8 Å². The van der Waals surface area contributed by atoms with Crippen LogP contribution in [0.1, 0.15) is 26.5 Å². The number of nitrogens with zero attached hydrogens (tertiary/aromatic N) is 4. The van der Waals surface area contributed by atoms with E-state index in [1.165, 1.54) is 6.08 Å². The van der Waals surface area contributed by atoms with Gasteiger partial charge in [0.15, 0.2) is 0 Å². The molecule has 0 atom stereocenters. The summed E-state index contributed by atoms with van der Waals surface area (Å²) in [5.41, 5.74) is 3.52. The van der Waals surface area contributed by atoms with Crippen LogP contribution in [0.5, 0.6) is 0 Å². The Bertz CT molecular complexity index is 936. The molecular formula is C19H21N5O. The predicted molar refractivity (Wildman–Crippen MR) is 98.6 cm³/mol. The highest BCUT2D eigenvalue weighted by Gasteiger charge is 2.14. The van der Waals surface area contributed by atoms with Crippen molar-refractivity contribution in [2.45, 2.75) is 27.2 Å². The maximum absolute atomic E-state index is 11.4. The highest BCUT2D eigenvalue weighted by molar-refractivity contribution is 6.00. The lowest BCUT2D eigenvalue weighted by Crippen LogP contribution is -2.11. The Morgan fingerprint density at radius 3 is 2.76 bits per heavy atom. The third-order valence-corrected chi connectivity index (χ3v) is 3.67. The second-order valence-corrected chi connectivity index (χ2v) is 7.12. The summed E-state index contributed by atoms with van der Waals surface area (Å²) in [5.74, 6) is 0.529. The second-order valence-electron chi connectivity index (χ2n) is 7.12. The van der Waals surface area contributed by atoms with Crippen LogP contribution in [-0.2, 0) is 11.2 Å². The highest BCUT2D eigenvalue weighted by Crippen LogP contribution is 2.23. The number of imidazole rings is 1. The number of amides is 1. The van der Waals surface area contributed by atoms with Crippen LogP contribution in [0.3, 0.4) is 0 Å². The number of hydrogen-bond donors (Lipinski definition) is 1. The molecule has 0 aliphatic rings. The van der Waals surface area contributed by atoms with Crippen molar-refractivity contribution in [3.8, 4) is 5.82 Å². The Balaban J connectivity index is 1.95. The lowest BCUT2D eigenvalue weighted by Gasteiger charge is -2.17. The molecule has 0 fully saturated rings. The molecule has 3 aromatic rings. The fourth-order valence-corrected chi connectivity index (χ4v) is 2.62. The molecule has 1 N–H and O–H groups in total. The summed E-state index contributed by atoms with van der Waals surface area (Å²) in [7, 11) is 0. The maximum atomic E-state index is 11.4. The first-order valence-corrected chi connectivity index (χ1v) is 8.07. The quantitative estimate of drug-likeness (QED) is 0.740. The smallest absolute Gasteiger partial charge is 0.247 e. The van der Waals surface area contributed by atoms with E-state index in [9.17, 15) is 4.79 Å². The SMILES string of the molecule is C=CC(=O)Nc1ccc2c(c1)ncn2-c1cc(CC(C)(C)C)ncn1. The van der Waals surface area contributed by atoms with Crippen molar-refractivity contribution in [2.75, 3.05) is 5.32 Å². The van der Waals surface area contributed by atoms with Gasteiger partial charge in [0, 0.05) is 17.4 Å². The molecule has 0 aliphatic carbocycles. The van der Waals surface area contributed by atoms with Crippen LogP contribution < -0.4 is 5.32 Å². The van der Waals surface area contributed by atoms with E-state index in [4.69, 9.17) is 0 Å². The summed E-state index contributed by atoms with van der Waals surface area (Å²) in [6.07, 6.45) is 5.42. The largest absolute Gasteiger partial charge is 0.322 e. The fraction of sp³-hybridized carbons (Fsp3) is 0.263. The molecule has 0 aliphatic heterocycles. The number of carbonyl (C=O) groups is 1. The van der Waals surface area contributed by atoms with Crippen molar-refractivity contribution in [1.82, 2.24) is 19.5 Å². The molecule has 0 bridgehead atoms. The molecule has 6 nitrogen and oxygen atoms in total. The van der Waals surface area contributed by atoms with Gasteiger partial charge in [-0.2, -0.15) is 0 Å². The van der Waals surface area contributed by atoms with Gasteiger partial charge in [-0.25, -0.2) is 15.0 Å². The third-order valence-electron chi connectivity index (χ3n) is 3.67. The van der Waals surface area contributed by atoms with Crippen LogP contribution in [0.4, 0.5) is 5.69 Å². The van der Waals surface area contributed by atoms with Crippen molar-refractivity contribution >= 4 is 22.6 Å². The Morgan fingerprint density at radius 2 is 2.04 bits per heavy atom. The molecule has 2 heterocycles. The van der Waals surface area contributed by atoms with E-state index >= 15 is 0 Å². The standard InChI is InChI=1S/C19H21N5O/c1-5-18(25)23-13-6-7-16-15(8-13)22-12-24(16)17-9-14(20-11-21-17)10-19(2,3)4/h5-9,11-12H,1,10H2,2-4H3,(H,23,25). The summed E-state index contributed by atoms with van der Waals surface area (Å²) < 4.78 is 1.92. The topological polar surface area (TPSA) is 72.7 Å². The summed E-state index contributed by atoms with van der Waals surface area (Å²) >= 11 is 0. The maximum Gasteiger partial charge on any atom is 0.247 e. The molecule has 0 spiro atoms. The molecule has 1 aromatic carbocycles. The van der Waals surface area contributed by atoms with Crippen molar-refractivity contribution in [3.63, 3.8) is 0 Å². The lowest BCUT2D eigenvalue weighted by molar-refractivity contribution is -0.111. The van der Waals surface area contributed by atoms with Gasteiger partial charge in [0.1, 0.15) is 18.5 Å². The normalized spacial score (nSPS) is 11.5. The van der Waals surface area contributed by atoms with Gasteiger partial charge in [0.25, 0.3) is 0 Å². The van der Waals surface area contributed by atoms with Crippen LogP contribution in [0.15, 0.2) is 49.6 Å². The summed E-state index contributed by atoms with van der Waals surface area (Å²) in [5, 5.41) is 2.74. The molecule has 1 amide bonds. The second kappa shape index (κ2) is 6.47. The fourth-order valence-electron chi connectivity index (χ4n) is 2.62. The van der Waals surface area contributed by atoms with Gasteiger partial charge in [-0.1, -0.05) is 27.4 Å². The zero-order valence-corrected chi connectivity index (χ0v) is 14.7. The zero-order chi connectivity index (χ0) is 18.0. The van der Waals surface area contributed by atoms with Gasteiger partial charge in [0.2, 0.25) is 5.91 Å². The number of anilines is 1. The molecule has 6 heteroatoms. The van der Waals surface area contributed by atoms with Crippen molar-refractivity contribution in [3.05, 3.63) is 55.3 Å². The minimum absolute atomic E-state index is 0.154. The van der Waals surface area contributed by atoms with Gasteiger partial charge in [-0.15, -0.1) is 0 Å². The minimum atomic E-state index is -0.249. The van der Waals surface area contributed by atoms with Crippen LogP contribution >= 0.6 is 0 Å². The molecule has 0 saturated heterocycles. The number of benzene rings is 1. The first-order chi connectivity index (χ1) is 11.9. The average Bonchev–Trinajstić information content (AvgIpc) is 2.96. The number of fused-ring (bicyclic) bond motifs is 1. The van der Waals surface area contributed by atoms with Gasteiger partial charge in [-0.3, -0.25) is 9.36 Å². The summed E-state index contributed by atoms with van der Waals surface area (Å²) in [4.78, 5) is 24.6. The van der Waals surface area contributed by atoms with E-state index in [0.717, 1.165) is 29.0 Å². The van der Waals surface area contributed by atoms with E-state index in [2.05, 4.69) is 47.6 Å². The molecule has 0 saturated carbocycles. The molecule has 0 radical (unpaired) electrons. The molecule has 25 heavy (non-hydrogen) atoms. The monoisotopic (exact) mass is 335 g/mol. The van der Waals surface area contributed by atoms with Crippen LogP contribution in [0.2, 0.25) is 0 Å². The van der Waals surface area contributed by atoms with Gasteiger partial charge >= 0.3 is 0 Å². The summed E-state index contributed by atoms with van der Waals surface area (Å²) in [6, 6.07) is 7.55. The Morgan fingerprint density at radius 1 is 1.24 bits per heavy atom. The van der Waals surface area contributed by atoms with Crippen molar-refractivity contribution in [1.29, 1.82) is 0 Å². The van der Waals surface area contributed by atoms with E-state index in [1.54, 1.807) is 12.7 Å². The van der Waals surface area contributed by atoms with Crippen LogP contribution in [0.25, 0.3) is 16.9 Å². The minimum Gasteiger partial charge on any atom is -0.322 e. The molecule has 2 aromatic heterocycles. The van der Waals surface area contributed by atoms with Gasteiger partial charge in [-0.05, 0) is 36.1 Å². The Labute approximate surface area is 146 Å². The zero-order valence-electron chi connectivity index (χ0n) is 14.7. The first-order valence-electron chi connectivity index (χ1n) is 8.07. The van der Waals surface area contributed by atoms with Crippen molar-refractivity contribution < 1.29 is 4.79 Å². The van der Waals surface area contributed by atoms with Gasteiger partial charge in [0.05, 0.1) is 11.0 Å². The third kappa shape index (κ3) is 3.91. The number of nitrogens with one attached hydrogen (secondary N) is 1. The highest BCUT2D eigenvalue weighted by atomic mass is 16.1. The Hall–Kier alpha value is -3.02. The molecular weight excluding hydrogens is 314 g/mol. The molecule has 128 valence electrons. The first kappa shape index (κ1) is 16.8. The van der Waals surface area contributed by atoms with E-state index in [-0.39, 0.29) is 11.3 Å². The van der Waals surface area contributed by atoms with Crippen molar-refractivity contribution in [2.24, 2.45) is 5.41 Å². The van der Waals surface area contributed by atoms with Gasteiger partial charge < -0.3 is 5.32 Å². The number of carbonyl (C=O) groups excluding carboxylic acids is 1. The number of hydrogen-bond acceptors (Lipinski definition) is 4. The Kier molecular flexibility index (Phi) is 4.35. The van der Waals surface area contributed by atoms with E-state index in [0.29, 0.717) is 5.69 Å². The van der Waals surface area contributed by atoms with E-state index < -0.39 is 0 Å². The molecule has 3 rings (SSSR count). The molecule has 0 unspecified atom stereocenters. The predicted octanol–water partition coefficient (Wildman–Crippen LogP) is 3.53. The summed E-state index contributed by atoms with van der Waals surface area (Å²) in [6.45, 7) is 9.99. The number of aromatic nitrogens is 4. The average molecular weight is 335 g/mol. The van der Waals surface area contributed by atoms with Crippen LogP contribution in [-0.4, -0.2) is 25.4 Å². The lowest BCUT2D eigenvalue weighted by atomic mass is 9.90.